The van der Waals surface area contributed by atoms with E-state index in [0.29, 0.717) is 0 Å². The van der Waals surface area contributed by atoms with Crippen LogP contribution in [0.2, 0.25) is 0 Å². The summed E-state index contributed by atoms with van der Waals surface area (Å²) in [5.41, 5.74) is -0.744. The van der Waals surface area contributed by atoms with Gasteiger partial charge >= 0.3 is 0 Å². The fourth-order valence-corrected chi connectivity index (χ4v) is 2.22. The van der Waals surface area contributed by atoms with E-state index in [1.807, 2.05) is 5.32 Å². The average molecular weight is 342 g/mol. The number of rotatable bonds is 4. The zero-order valence-electron chi connectivity index (χ0n) is 25.1. The van der Waals surface area contributed by atoms with E-state index in [9.17, 15) is 4.39 Å². The van der Waals surface area contributed by atoms with Crippen LogP contribution in [-0.4, -0.2) is 26.3 Å². The van der Waals surface area contributed by atoms with E-state index in [2.05, 4.69) is 0 Å². The Hall–Kier alpha value is -2.27. The molecule has 0 aromatic heterocycles. The second kappa shape index (κ2) is 6.69. The zero-order valence-corrected chi connectivity index (χ0v) is 12.1. The fourth-order valence-electron chi connectivity index (χ4n) is 2.22. The maximum atomic E-state index is 14.2. The molecule has 126 valence electrons. The Bertz CT molecular complexity index is 1250. The Kier molecular flexibility index (Phi) is 1.83. The largest absolute Gasteiger partial charge is 0.493 e. The first-order chi connectivity index (χ1) is 16.7. The van der Waals surface area contributed by atoms with Crippen LogP contribution in [0.25, 0.3) is 0 Å². The van der Waals surface area contributed by atoms with Gasteiger partial charge in [0.25, 0.3) is 0 Å². The van der Waals surface area contributed by atoms with Crippen LogP contribution in [0.3, 0.4) is 0 Å². The third kappa shape index (κ3) is 3.17. The molecule has 5 heteroatoms. The van der Waals surface area contributed by atoms with Crippen LogP contribution in [0.5, 0.6) is 17.2 Å². The molecular weight excluding hydrogens is 309 g/mol. The van der Waals surface area contributed by atoms with Crippen molar-refractivity contribution in [2.24, 2.45) is 5.89 Å². The summed E-state index contributed by atoms with van der Waals surface area (Å²) in [6, 6.07) is -0.916. The Morgan fingerprint density at radius 2 is 2.17 bits per heavy atom. The summed E-state index contributed by atoms with van der Waals surface area (Å²) in [5, 5.41) is 1.92. The highest BCUT2D eigenvalue weighted by molar-refractivity contribution is 5.46. The topological polar surface area (TPSA) is 39.7 Å². The smallest absolute Gasteiger partial charge is 0.231 e. The second-order valence-electron chi connectivity index (χ2n) is 4.92. The summed E-state index contributed by atoms with van der Waals surface area (Å²) >= 11 is 0. The SMILES string of the molecule is [2H]c1c([2H])c(C2CC([2H])([2H])NC([2H])([2H])[C@]2([2H])C([2H])([2H])Oc2ccc3c(c2)OC([2H])([2H])O3)c([2H])c([2H])c1F. The molecule has 1 unspecified atom stereocenters. The highest BCUT2D eigenvalue weighted by Gasteiger charge is 2.27. The monoisotopic (exact) mass is 342 g/mol. The predicted molar refractivity (Wildman–Crippen MR) is 88.2 cm³/mol. The first kappa shape index (κ1) is 6.56. The number of hydrogen-bond acceptors (Lipinski definition) is 4. The number of nitrogens with one attached hydrogen (secondary N) is 1. The predicted octanol–water partition coefficient (Wildman–Crippen LogP) is 3.33. The molecule has 1 saturated heterocycles. The molecule has 1 fully saturated rings. The summed E-state index contributed by atoms with van der Waals surface area (Å²) in [6.45, 7) is -11.7. The molecule has 2 heterocycles. The van der Waals surface area contributed by atoms with E-state index in [-0.39, 0.29) is 17.2 Å². The van der Waals surface area contributed by atoms with Crippen LogP contribution in [0.15, 0.2) is 42.4 Å². The van der Waals surface area contributed by atoms with Crippen molar-refractivity contribution in [3.05, 3.63) is 53.7 Å². The van der Waals surface area contributed by atoms with Crippen LogP contribution in [-0.2, 0) is 0 Å². The molecule has 2 aliphatic rings. The molecular formula is C19H20FNO3. The van der Waals surface area contributed by atoms with Gasteiger partial charge in [-0.15, -0.1) is 0 Å². The lowest BCUT2D eigenvalue weighted by molar-refractivity contribution is 0.173. The van der Waals surface area contributed by atoms with Gasteiger partial charge in [-0.3, -0.25) is 0 Å². The summed E-state index contributed by atoms with van der Waals surface area (Å²) in [5.74, 6) is -7.25. The zero-order chi connectivity index (χ0) is 27.9. The minimum absolute atomic E-state index is 0.0332. The minimum atomic E-state index is -3.37. The van der Waals surface area contributed by atoms with Crippen LogP contribution in [0, 0.1) is 11.7 Å². The first-order valence-electron chi connectivity index (χ1n) is 13.5. The fraction of sp³-hybridized carbons (Fsp3) is 0.368. The highest BCUT2D eigenvalue weighted by Crippen LogP contribution is 2.36. The molecule has 2 atom stereocenters. The Balaban J connectivity index is 1.87. The van der Waals surface area contributed by atoms with Crippen molar-refractivity contribution in [2.75, 3.05) is 26.3 Å². The average Bonchev–Trinajstić information content (AvgIpc) is 3.06. The van der Waals surface area contributed by atoms with Gasteiger partial charge in [-0.1, -0.05) is 12.1 Å². The van der Waals surface area contributed by atoms with Crippen molar-refractivity contribution >= 4 is 0 Å². The third-order valence-electron chi connectivity index (χ3n) is 3.40. The quantitative estimate of drug-likeness (QED) is 0.925. The van der Waals surface area contributed by atoms with E-state index in [1.165, 1.54) is 6.07 Å². The molecule has 2 aromatic carbocycles. The molecule has 24 heavy (non-hydrogen) atoms. The van der Waals surface area contributed by atoms with Gasteiger partial charge in [0.2, 0.25) is 6.75 Å². The molecule has 0 bridgehead atoms. The second-order valence-corrected chi connectivity index (χ2v) is 4.92. The van der Waals surface area contributed by atoms with Crippen molar-refractivity contribution in [1.82, 2.24) is 5.32 Å². The maximum absolute atomic E-state index is 14.2. The third-order valence-corrected chi connectivity index (χ3v) is 3.40. The Morgan fingerprint density at radius 3 is 3.04 bits per heavy atom. The van der Waals surface area contributed by atoms with Crippen LogP contribution in [0.4, 0.5) is 4.39 Å². The highest BCUT2D eigenvalue weighted by atomic mass is 19.1. The van der Waals surface area contributed by atoms with E-state index < -0.39 is 80.1 Å². The summed E-state index contributed by atoms with van der Waals surface area (Å²) < 4.78 is 136. The molecule has 4 rings (SSSR count). The number of benzene rings is 2. The van der Waals surface area contributed by atoms with Gasteiger partial charge < -0.3 is 19.5 Å². The van der Waals surface area contributed by atoms with Crippen LogP contribution in [0.1, 0.15) is 35.7 Å². The van der Waals surface area contributed by atoms with Gasteiger partial charge in [-0.25, -0.2) is 4.39 Å². The lowest BCUT2D eigenvalue weighted by Crippen LogP contribution is -2.38. The van der Waals surface area contributed by atoms with Crippen LogP contribution < -0.4 is 19.5 Å². The molecule has 0 radical (unpaired) electrons. The maximum Gasteiger partial charge on any atom is 0.231 e. The normalized spacial score (nSPS) is 40.2. The van der Waals surface area contributed by atoms with Gasteiger partial charge in [-0.05, 0) is 48.6 Å². The Labute approximate surface area is 158 Å². The van der Waals surface area contributed by atoms with Crippen molar-refractivity contribution in [3.8, 4) is 17.2 Å². The molecule has 2 aromatic rings. The van der Waals surface area contributed by atoms with Gasteiger partial charge in [0, 0.05) is 25.3 Å². The lowest BCUT2D eigenvalue weighted by Gasteiger charge is -2.32. The summed E-state index contributed by atoms with van der Waals surface area (Å²) in [7, 11) is 0. The molecule has 2 aliphatic heterocycles. The van der Waals surface area contributed by atoms with Crippen molar-refractivity contribution in [2.45, 2.75) is 12.3 Å². The Morgan fingerprint density at radius 1 is 1.33 bits per heavy atom. The summed E-state index contributed by atoms with van der Waals surface area (Å²) in [4.78, 5) is 0. The first-order valence-corrected chi connectivity index (χ1v) is 6.99. The number of halogens is 1. The number of ether oxygens (including phenoxy) is 3. The van der Waals surface area contributed by atoms with Crippen molar-refractivity contribution < 1.29 is 36.4 Å². The number of hydrogen-bond donors (Lipinski definition) is 1. The van der Waals surface area contributed by atoms with Gasteiger partial charge in [0.15, 0.2) is 11.5 Å². The van der Waals surface area contributed by atoms with Gasteiger partial charge in [-0.2, -0.15) is 0 Å². The van der Waals surface area contributed by atoms with Crippen molar-refractivity contribution in [1.29, 1.82) is 0 Å². The summed E-state index contributed by atoms with van der Waals surface area (Å²) in [6.07, 6.45) is -0.886. The van der Waals surface area contributed by atoms with Gasteiger partial charge in [0.1, 0.15) is 14.3 Å². The van der Waals surface area contributed by atoms with E-state index in [0.717, 1.165) is 12.1 Å². The van der Waals surface area contributed by atoms with E-state index in [1.54, 1.807) is 0 Å². The molecule has 1 N–H and O–H groups in total. The standard InChI is InChI=1S/C19H20FNO3/c20-15-3-1-13(2-4-15)17-7-8-21-10-14(17)11-22-16-5-6-18-19(9-16)24-12-23-18/h1-6,9,14,17,21H,7-8,10-12H2/t14-,17?/m1/s1/i1D,2D,3D,4D,8D2,10D2,11D2,12D2,14D. The van der Waals surface area contributed by atoms with Gasteiger partial charge in [0.05, 0.1) is 14.8 Å². The number of piperidine rings is 1. The molecule has 0 aliphatic carbocycles. The lowest BCUT2D eigenvalue weighted by atomic mass is 9.81. The molecule has 0 amide bonds. The molecule has 0 saturated carbocycles. The molecule has 0 spiro atoms. The van der Waals surface area contributed by atoms with E-state index in [4.69, 9.17) is 32.0 Å². The van der Waals surface area contributed by atoms with E-state index >= 15 is 0 Å². The number of fused-ring (bicyclic) bond motifs is 1. The van der Waals surface area contributed by atoms with Crippen LogP contribution >= 0.6 is 0 Å². The van der Waals surface area contributed by atoms with Crippen molar-refractivity contribution in [3.63, 3.8) is 0 Å². The molecule has 4 nitrogen and oxygen atoms in total. The minimum Gasteiger partial charge on any atom is -0.493 e.